The summed E-state index contributed by atoms with van der Waals surface area (Å²) in [6, 6.07) is 9.14. The fourth-order valence-electron chi connectivity index (χ4n) is 2.37. The van der Waals surface area contributed by atoms with E-state index in [0.717, 1.165) is 20.6 Å². The van der Waals surface area contributed by atoms with E-state index >= 15 is 0 Å². The fraction of sp³-hybridized carbons (Fsp3) is 0.188. The minimum absolute atomic E-state index is 0.143. The third kappa shape index (κ3) is 3.35. The molecule has 5 nitrogen and oxygen atoms in total. The van der Waals surface area contributed by atoms with Gasteiger partial charge in [0.15, 0.2) is 10.6 Å². The van der Waals surface area contributed by atoms with Crippen molar-refractivity contribution in [3.63, 3.8) is 0 Å². The predicted octanol–water partition coefficient (Wildman–Crippen LogP) is 4.94. The number of nitrogens with zero attached hydrogens (tertiary/aromatic N) is 2. The number of aromatic nitrogens is 3. The molecule has 0 bridgehead atoms. The van der Waals surface area contributed by atoms with Gasteiger partial charge in [-0.3, -0.25) is 14.5 Å². The van der Waals surface area contributed by atoms with Crippen molar-refractivity contribution in [2.24, 2.45) is 0 Å². The van der Waals surface area contributed by atoms with Gasteiger partial charge in [0.05, 0.1) is 4.88 Å². The van der Waals surface area contributed by atoms with Crippen molar-refractivity contribution >= 4 is 51.1 Å². The highest BCUT2D eigenvalue weighted by Gasteiger charge is 2.21. The molecule has 0 saturated heterocycles. The van der Waals surface area contributed by atoms with Gasteiger partial charge < -0.3 is 5.32 Å². The zero-order valence-electron chi connectivity index (χ0n) is 13.0. The van der Waals surface area contributed by atoms with Crippen LogP contribution in [0.3, 0.4) is 0 Å². The second kappa shape index (κ2) is 7.00. The molecule has 0 spiro atoms. The van der Waals surface area contributed by atoms with Gasteiger partial charge in [0.1, 0.15) is 6.04 Å². The average Bonchev–Trinajstić information content (AvgIpc) is 3.18. The van der Waals surface area contributed by atoms with Gasteiger partial charge in [-0.1, -0.05) is 22.0 Å². The van der Waals surface area contributed by atoms with Crippen LogP contribution in [-0.2, 0) is 4.79 Å². The van der Waals surface area contributed by atoms with Gasteiger partial charge in [-0.25, -0.2) is 0 Å². The Kier molecular flexibility index (Phi) is 4.98. The van der Waals surface area contributed by atoms with Gasteiger partial charge in [-0.2, -0.15) is 5.10 Å². The minimum atomic E-state index is -0.489. The van der Waals surface area contributed by atoms with Crippen LogP contribution in [0.25, 0.3) is 10.7 Å². The summed E-state index contributed by atoms with van der Waals surface area (Å²) in [5.41, 5.74) is 1.77. The van der Waals surface area contributed by atoms with E-state index in [1.54, 1.807) is 15.9 Å². The van der Waals surface area contributed by atoms with Gasteiger partial charge >= 0.3 is 0 Å². The molecule has 8 heteroatoms. The number of rotatable bonds is 4. The van der Waals surface area contributed by atoms with Gasteiger partial charge in [0, 0.05) is 10.2 Å². The molecule has 0 fully saturated rings. The maximum atomic E-state index is 12.7. The Balaban J connectivity index is 1.89. The highest BCUT2D eigenvalue weighted by molar-refractivity contribution is 9.10. The standard InChI is InChI=1S/C16H15BrN4OS2/c1-9-8-11(17)5-6-12(9)18-15(22)10(2)21-14(19-20-16(21)23)13-4-3-7-24-13/h3-8,10H,1-2H3,(H,18,22)(H,20,23)/t10-/m0/s1. The second-order valence-electron chi connectivity index (χ2n) is 5.32. The van der Waals surface area contributed by atoms with E-state index in [9.17, 15) is 4.79 Å². The van der Waals surface area contributed by atoms with Crippen molar-refractivity contribution in [3.8, 4) is 10.7 Å². The highest BCUT2D eigenvalue weighted by Crippen LogP contribution is 2.27. The quantitative estimate of drug-likeness (QED) is 0.585. The van der Waals surface area contributed by atoms with E-state index in [1.807, 2.05) is 49.6 Å². The van der Waals surface area contributed by atoms with E-state index in [4.69, 9.17) is 12.2 Å². The number of hydrogen-bond acceptors (Lipinski definition) is 4. The van der Waals surface area contributed by atoms with E-state index in [-0.39, 0.29) is 5.91 Å². The number of aryl methyl sites for hydroxylation is 1. The number of benzene rings is 1. The first-order chi connectivity index (χ1) is 11.5. The third-order valence-electron chi connectivity index (χ3n) is 3.66. The molecule has 24 heavy (non-hydrogen) atoms. The topological polar surface area (TPSA) is 62.7 Å². The van der Waals surface area contributed by atoms with Crippen LogP contribution >= 0.6 is 39.5 Å². The number of nitrogens with one attached hydrogen (secondary N) is 2. The highest BCUT2D eigenvalue weighted by atomic mass is 79.9. The third-order valence-corrected chi connectivity index (χ3v) is 5.31. The molecule has 0 aliphatic carbocycles. The molecule has 3 aromatic rings. The first-order valence-corrected chi connectivity index (χ1v) is 9.33. The van der Waals surface area contributed by atoms with E-state index in [2.05, 4.69) is 31.4 Å². The number of anilines is 1. The van der Waals surface area contributed by atoms with Crippen molar-refractivity contribution in [2.45, 2.75) is 19.9 Å². The van der Waals surface area contributed by atoms with Gasteiger partial charge in [0.2, 0.25) is 5.91 Å². The summed E-state index contributed by atoms with van der Waals surface area (Å²) in [5.74, 6) is 0.529. The number of carbonyl (C=O) groups excluding carboxylic acids is 1. The van der Waals surface area contributed by atoms with Crippen LogP contribution in [0.4, 0.5) is 5.69 Å². The number of H-pyrrole nitrogens is 1. The number of carbonyl (C=O) groups is 1. The molecule has 3 rings (SSSR count). The number of hydrogen-bond donors (Lipinski definition) is 2. The lowest BCUT2D eigenvalue weighted by atomic mass is 10.2. The van der Waals surface area contributed by atoms with Crippen LogP contribution in [0, 0.1) is 11.7 Å². The van der Waals surface area contributed by atoms with Crippen LogP contribution in [-0.4, -0.2) is 20.7 Å². The molecule has 0 saturated carbocycles. The molecule has 1 amide bonds. The predicted molar refractivity (Wildman–Crippen MR) is 103 cm³/mol. The lowest BCUT2D eigenvalue weighted by Crippen LogP contribution is -2.24. The summed E-state index contributed by atoms with van der Waals surface area (Å²) in [7, 11) is 0. The Hall–Kier alpha value is -1.77. The number of aromatic amines is 1. The molecule has 2 aromatic heterocycles. The maximum absolute atomic E-state index is 12.7. The molecular weight excluding hydrogens is 408 g/mol. The first-order valence-electron chi connectivity index (χ1n) is 7.25. The SMILES string of the molecule is Cc1cc(Br)ccc1NC(=O)[C@H](C)n1c(-c2cccs2)n[nH]c1=S. The molecule has 1 aromatic carbocycles. The van der Waals surface area contributed by atoms with Crippen molar-refractivity contribution in [2.75, 3.05) is 5.32 Å². The van der Waals surface area contributed by atoms with Gasteiger partial charge in [0.25, 0.3) is 0 Å². The number of halogens is 1. The molecule has 1 atom stereocenters. The Morgan fingerprint density at radius 3 is 2.92 bits per heavy atom. The first kappa shape index (κ1) is 17.1. The van der Waals surface area contributed by atoms with Gasteiger partial charge in [-0.05, 0) is 61.3 Å². The summed E-state index contributed by atoms with van der Waals surface area (Å²) in [5, 5.41) is 12.0. The Labute approximate surface area is 156 Å². The Morgan fingerprint density at radius 1 is 1.46 bits per heavy atom. The minimum Gasteiger partial charge on any atom is -0.324 e. The molecule has 0 aliphatic heterocycles. The molecule has 2 N–H and O–H groups in total. The summed E-state index contributed by atoms with van der Waals surface area (Å²) < 4.78 is 3.14. The van der Waals surface area contributed by atoms with Crippen LogP contribution in [0.5, 0.6) is 0 Å². The van der Waals surface area contributed by atoms with Crippen LogP contribution in [0.2, 0.25) is 0 Å². The van der Waals surface area contributed by atoms with Crippen molar-refractivity contribution < 1.29 is 4.79 Å². The lowest BCUT2D eigenvalue weighted by molar-refractivity contribution is -0.118. The van der Waals surface area contributed by atoms with E-state index < -0.39 is 6.04 Å². The number of amides is 1. The van der Waals surface area contributed by atoms with Crippen molar-refractivity contribution in [3.05, 3.63) is 50.5 Å². The molecule has 0 aliphatic rings. The molecule has 0 radical (unpaired) electrons. The smallest absolute Gasteiger partial charge is 0.247 e. The summed E-state index contributed by atoms with van der Waals surface area (Å²) in [6.45, 7) is 3.76. The molecule has 2 heterocycles. The number of thiophene rings is 1. The second-order valence-corrected chi connectivity index (χ2v) is 7.57. The zero-order valence-corrected chi connectivity index (χ0v) is 16.3. The summed E-state index contributed by atoms with van der Waals surface area (Å²) in [6.07, 6.45) is 0. The van der Waals surface area contributed by atoms with E-state index in [0.29, 0.717) is 10.6 Å². The molecular formula is C16H15BrN4OS2. The summed E-state index contributed by atoms with van der Waals surface area (Å²) in [4.78, 5) is 13.7. The normalized spacial score (nSPS) is 12.1. The Morgan fingerprint density at radius 2 is 2.25 bits per heavy atom. The Bertz CT molecular complexity index is 930. The summed E-state index contributed by atoms with van der Waals surface area (Å²) >= 11 is 10.3. The van der Waals surface area contributed by atoms with Crippen LogP contribution < -0.4 is 5.32 Å². The maximum Gasteiger partial charge on any atom is 0.247 e. The molecule has 0 unspecified atom stereocenters. The average molecular weight is 423 g/mol. The van der Waals surface area contributed by atoms with Crippen LogP contribution in [0.1, 0.15) is 18.5 Å². The fourth-order valence-corrected chi connectivity index (χ4v) is 3.84. The van der Waals surface area contributed by atoms with Crippen LogP contribution in [0.15, 0.2) is 40.2 Å². The van der Waals surface area contributed by atoms with Gasteiger partial charge in [-0.15, -0.1) is 11.3 Å². The lowest BCUT2D eigenvalue weighted by Gasteiger charge is -2.16. The largest absolute Gasteiger partial charge is 0.324 e. The zero-order chi connectivity index (χ0) is 17.3. The van der Waals surface area contributed by atoms with Crippen molar-refractivity contribution in [1.29, 1.82) is 0 Å². The van der Waals surface area contributed by atoms with Crippen molar-refractivity contribution in [1.82, 2.24) is 14.8 Å². The van der Waals surface area contributed by atoms with E-state index in [1.165, 1.54) is 0 Å². The molecule has 124 valence electrons. The monoisotopic (exact) mass is 422 g/mol.